The summed E-state index contributed by atoms with van der Waals surface area (Å²) in [6.07, 6.45) is 0. The first-order valence-electron chi connectivity index (χ1n) is 1.14. The molecule has 1 atom stereocenters. The summed E-state index contributed by atoms with van der Waals surface area (Å²) in [5.41, 5.74) is 0. The first kappa shape index (κ1) is 6.08. The molecule has 0 saturated heterocycles. The maximum absolute atomic E-state index is 11.0. The highest BCUT2D eigenvalue weighted by Crippen LogP contribution is 2.41. The van der Waals surface area contributed by atoms with Crippen molar-refractivity contribution in [2.45, 2.75) is 0 Å². The van der Waals surface area contributed by atoms with Crippen molar-refractivity contribution in [3.8, 4) is 0 Å². The average Bonchev–Trinajstić information content (AvgIpc) is 1.35. The van der Waals surface area contributed by atoms with E-state index in [1.54, 1.807) is 0 Å². The van der Waals surface area contributed by atoms with Crippen LogP contribution < -0.4 is 0 Å². The van der Waals surface area contributed by atoms with Crippen molar-refractivity contribution in [2.24, 2.45) is 0 Å². The lowest BCUT2D eigenvalue weighted by molar-refractivity contribution is 0.274. The molecule has 3 nitrogen and oxygen atoms in total. The molecule has 0 fully saturated rings. The summed E-state index contributed by atoms with van der Waals surface area (Å²) in [6, 6.07) is 0. The summed E-state index contributed by atoms with van der Waals surface area (Å²) < 4.78 is 23.6. The predicted molar refractivity (Wildman–Crippen MR) is 17.9 cm³/mol. The zero-order chi connectivity index (χ0) is 5.21. The predicted octanol–water partition coefficient (Wildman–Crippen LogP) is 0.703. The fourth-order valence-corrected chi connectivity index (χ4v) is 0. The molecule has 38 valence electrons. The first-order valence-corrected chi connectivity index (χ1v) is 2.61. The molecular weight excluding hydrogens is 110 g/mol. The Kier molecular flexibility index (Phi) is 1.71. The lowest BCUT2D eigenvalue weighted by Crippen LogP contribution is -1.69. The van der Waals surface area contributed by atoms with E-state index in [1.165, 1.54) is 0 Å². The fraction of sp³-hybridized carbons (Fsp3) is 1.00. The minimum atomic E-state index is -4.65. The maximum atomic E-state index is 11.0. The van der Waals surface area contributed by atoms with Crippen molar-refractivity contribution in [3.05, 3.63) is 0 Å². The van der Waals surface area contributed by atoms with Gasteiger partial charge in [0.15, 0.2) is 0 Å². The van der Waals surface area contributed by atoms with E-state index in [-0.39, 0.29) is 0 Å². The third-order valence-electron chi connectivity index (χ3n) is 0.225. The Morgan fingerprint density at radius 2 is 2.17 bits per heavy atom. The van der Waals surface area contributed by atoms with Crippen LogP contribution in [0.25, 0.3) is 0 Å². The lowest BCUT2D eigenvalue weighted by Gasteiger charge is -1.89. The van der Waals surface area contributed by atoms with Gasteiger partial charge >= 0.3 is 7.91 Å². The van der Waals surface area contributed by atoms with Gasteiger partial charge in [-0.15, -0.1) is 4.20 Å². The van der Waals surface area contributed by atoms with Crippen molar-refractivity contribution in [1.82, 2.24) is 0 Å². The second kappa shape index (κ2) is 1.69. The molecule has 0 heterocycles. The molecule has 0 aromatic heterocycles. The van der Waals surface area contributed by atoms with Crippen LogP contribution in [0.1, 0.15) is 0 Å². The molecule has 0 rings (SSSR count). The van der Waals surface area contributed by atoms with E-state index in [0.29, 0.717) is 0 Å². The molecular formula is CH4FO3P. The van der Waals surface area contributed by atoms with Gasteiger partial charge in [0.2, 0.25) is 0 Å². The highest BCUT2D eigenvalue weighted by Gasteiger charge is 2.11. The summed E-state index contributed by atoms with van der Waals surface area (Å²) in [5.74, 6) is 0. The van der Waals surface area contributed by atoms with E-state index in [4.69, 9.17) is 4.89 Å². The van der Waals surface area contributed by atoms with Gasteiger partial charge in [0.1, 0.15) is 0 Å². The van der Waals surface area contributed by atoms with Crippen LogP contribution >= 0.6 is 7.91 Å². The number of rotatable bonds is 1. The normalized spacial score (nSPS) is 19.8. The van der Waals surface area contributed by atoms with Gasteiger partial charge in [-0.05, 0) is 0 Å². The third-order valence-corrected chi connectivity index (χ3v) is 0.676. The zero-order valence-electron chi connectivity index (χ0n) is 3.09. The zero-order valence-corrected chi connectivity index (χ0v) is 3.98. The summed E-state index contributed by atoms with van der Waals surface area (Å²) in [6.45, 7) is 0. The van der Waals surface area contributed by atoms with Gasteiger partial charge in [0.05, 0.1) is 0 Å². The van der Waals surface area contributed by atoms with Crippen molar-refractivity contribution < 1.29 is 18.2 Å². The summed E-state index contributed by atoms with van der Waals surface area (Å²) in [4.78, 5) is 7.49. The average molecular weight is 114 g/mol. The van der Waals surface area contributed by atoms with Crippen molar-refractivity contribution in [1.29, 1.82) is 0 Å². The standard InChI is InChI=1S/CH4FO3P/c1-5-6(2,3)4/h1H3,(H,3,4). The summed E-state index contributed by atoms with van der Waals surface area (Å²) >= 11 is 0. The van der Waals surface area contributed by atoms with Gasteiger partial charge in [0.25, 0.3) is 0 Å². The van der Waals surface area contributed by atoms with Gasteiger partial charge in [-0.2, -0.15) is 0 Å². The molecule has 0 aromatic carbocycles. The van der Waals surface area contributed by atoms with Gasteiger partial charge in [-0.1, -0.05) is 0 Å². The number of halogens is 1. The molecule has 5 heteroatoms. The van der Waals surface area contributed by atoms with E-state index < -0.39 is 7.91 Å². The van der Waals surface area contributed by atoms with Gasteiger partial charge in [-0.25, -0.2) is 4.57 Å². The Morgan fingerprint density at radius 3 is 2.17 bits per heavy atom. The quantitative estimate of drug-likeness (QED) is 0.510. The van der Waals surface area contributed by atoms with Crippen molar-refractivity contribution in [3.63, 3.8) is 0 Å². The highest BCUT2D eigenvalue weighted by molar-refractivity contribution is 7.46. The second-order valence-corrected chi connectivity index (χ2v) is 1.90. The van der Waals surface area contributed by atoms with Crippen molar-refractivity contribution in [2.75, 3.05) is 7.11 Å². The fourth-order valence-electron chi connectivity index (χ4n) is 0. The van der Waals surface area contributed by atoms with Crippen LogP contribution in [0.4, 0.5) is 4.20 Å². The van der Waals surface area contributed by atoms with E-state index in [0.717, 1.165) is 7.11 Å². The molecule has 0 aromatic rings. The highest BCUT2D eigenvalue weighted by atomic mass is 31.2. The molecule has 1 N–H and O–H groups in total. The largest absolute Gasteiger partial charge is 0.510 e. The summed E-state index contributed by atoms with van der Waals surface area (Å²) in [5, 5.41) is 0. The molecule has 0 aliphatic heterocycles. The smallest absolute Gasteiger partial charge is 0.299 e. The van der Waals surface area contributed by atoms with Gasteiger partial charge in [0, 0.05) is 7.11 Å². The molecule has 1 unspecified atom stereocenters. The second-order valence-electron chi connectivity index (χ2n) is 0.634. The van der Waals surface area contributed by atoms with Crippen molar-refractivity contribution >= 4 is 7.91 Å². The molecule has 0 aliphatic rings. The third kappa shape index (κ3) is 4.08. The van der Waals surface area contributed by atoms with Gasteiger partial charge < -0.3 is 0 Å². The Balaban J connectivity index is 3.48. The molecule has 0 amide bonds. The Bertz CT molecular complexity index is 74.9. The van der Waals surface area contributed by atoms with E-state index in [1.807, 2.05) is 0 Å². The van der Waals surface area contributed by atoms with Crippen LogP contribution in [-0.2, 0) is 9.09 Å². The van der Waals surface area contributed by atoms with Crippen LogP contribution in [0, 0.1) is 0 Å². The Morgan fingerprint density at radius 1 is 2.00 bits per heavy atom. The number of hydrogen-bond acceptors (Lipinski definition) is 2. The minimum Gasteiger partial charge on any atom is -0.299 e. The molecule has 0 radical (unpaired) electrons. The van der Waals surface area contributed by atoms with E-state index in [9.17, 15) is 8.76 Å². The topological polar surface area (TPSA) is 46.5 Å². The van der Waals surface area contributed by atoms with Crippen LogP contribution in [0.2, 0.25) is 0 Å². The van der Waals surface area contributed by atoms with Crippen LogP contribution in [0.15, 0.2) is 0 Å². The van der Waals surface area contributed by atoms with Gasteiger partial charge in [-0.3, -0.25) is 9.42 Å². The SMILES string of the molecule is COP(=O)(O)F. The maximum Gasteiger partial charge on any atom is 0.510 e. The monoisotopic (exact) mass is 114 g/mol. The molecule has 0 bridgehead atoms. The molecule has 0 spiro atoms. The first-order chi connectivity index (χ1) is 2.56. The molecule has 0 aliphatic carbocycles. The molecule has 0 saturated carbocycles. The molecule has 6 heavy (non-hydrogen) atoms. The Labute approximate surface area is 34.4 Å². The van der Waals surface area contributed by atoms with E-state index in [2.05, 4.69) is 4.52 Å². The van der Waals surface area contributed by atoms with E-state index >= 15 is 0 Å². The minimum absolute atomic E-state index is 0.820. The van der Waals surface area contributed by atoms with Crippen LogP contribution in [0.3, 0.4) is 0 Å². The van der Waals surface area contributed by atoms with Crippen LogP contribution in [-0.4, -0.2) is 12.0 Å². The summed E-state index contributed by atoms with van der Waals surface area (Å²) in [7, 11) is -3.83. The lowest BCUT2D eigenvalue weighted by atomic mass is 11.8. The number of hydrogen-bond donors (Lipinski definition) is 1. The van der Waals surface area contributed by atoms with Crippen LogP contribution in [0.5, 0.6) is 0 Å². The Hall–Kier alpha value is 0.0800.